The van der Waals surface area contributed by atoms with Crippen LogP contribution in [0, 0.1) is 0 Å². The van der Waals surface area contributed by atoms with Crippen LogP contribution in [0.3, 0.4) is 0 Å². The maximum Gasteiger partial charge on any atom is 0.314 e. The highest BCUT2D eigenvalue weighted by atomic mass is 16.1. The Hall–Kier alpha value is -1.84. The molecule has 0 saturated heterocycles. The maximum atomic E-state index is 10.7. The van der Waals surface area contributed by atoms with Crippen LogP contribution in [0.4, 0.5) is 11.4 Å². The van der Waals surface area contributed by atoms with E-state index in [0.717, 1.165) is 0 Å². The molecule has 0 fully saturated rings. The number of nitrogens with one attached hydrogen (secondary N) is 2. The number of carbonyl (C=O) groups is 1. The number of benzene rings is 1. The summed E-state index contributed by atoms with van der Waals surface area (Å²) in [5, 5.41) is 4.94. The number of carbonyl (C=O) groups excluding carboxylic acids is 2. The number of amides is 2. The molecule has 4 nitrogen and oxygen atoms in total. The molecule has 0 saturated carbocycles. The molecule has 67 valence electrons. The van der Waals surface area contributed by atoms with Crippen molar-refractivity contribution in [3.05, 3.63) is 24.3 Å². The molecule has 0 aliphatic rings. The zero-order valence-corrected chi connectivity index (χ0v) is 7.13. The van der Waals surface area contributed by atoms with Crippen LogP contribution in [-0.2, 0) is 9.59 Å². The first-order chi connectivity index (χ1) is 6.24. The molecule has 0 spiro atoms. The molecule has 1 aromatic rings. The van der Waals surface area contributed by atoms with E-state index in [-0.39, 0.29) is 5.91 Å². The van der Waals surface area contributed by atoms with Crippen LogP contribution in [0.1, 0.15) is 6.92 Å². The molecule has 0 unspecified atom stereocenters. The first kappa shape index (κ1) is 9.25. The van der Waals surface area contributed by atoms with Crippen LogP contribution in [-0.4, -0.2) is 12.3 Å². The van der Waals surface area contributed by atoms with E-state index in [9.17, 15) is 9.59 Å². The Morgan fingerprint density at radius 1 is 1.31 bits per heavy atom. The second kappa shape index (κ2) is 4.25. The Morgan fingerprint density at radius 3 is 2.46 bits per heavy atom. The van der Waals surface area contributed by atoms with Gasteiger partial charge in [-0.15, -0.1) is 0 Å². The van der Waals surface area contributed by atoms with Gasteiger partial charge in [-0.3, -0.25) is 9.59 Å². The summed E-state index contributed by atoms with van der Waals surface area (Å²) < 4.78 is 0. The lowest BCUT2D eigenvalue weighted by molar-refractivity contribution is -0.114. The number of rotatable bonds is 3. The van der Waals surface area contributed by atoms with Gasteiger partial charge in [0.2, 0.25) is 5.91 Å². The van der Waals surface area contributed by atoms with Gasteiger partial charge in [0.25, 0.3) is 0 Å². The van der Waals surface area contributed by atoms with Crippen LogP contribution >= 0.6 is 0 Å². The van der Waals surface area contributed by atoms with Crippen molar-refractivity contribution in [2.24, 2.45) is 0 Å². The summed E-state index contributed by atoms with van der Waals surface area (Å²) in [5.41, 5.74) is 1.10. The fourth-order valence-corrected chi connectivity index (χ4v) is 0.946. The molecule has 0 aliphatic carbocycles. The second-order valence-electron chi connectivity index (χ2n) is 2.45. The topological polar surface area (TPSA) is 58.2 Å². The third-order valence-corrected chi connectivity index (χ3v) is 1.42. The van der Waals surface area contributed by atoms with Gasteiger partial charge in [0.1, 0.15) is 0 Å². The van der Waals surface area contributed by atoms with Crippen LogP contribution in [0.15, 0.2) is 24.3 Å². The molecule has 0 atom stereocenters. The fourth-order valence-electron chi connectivity index (χ4n) is 0.946. The van der Waals surface area contributed by atoms with Crippen LogP contribution in [0.25, 0.3) is 0 Å². The standard InChI is InChI=1S/C9H9N2O2/c1-7(13)11-9-5-3-2-4-8(9)10-6-12/h2-5H,1H3,(H,10,12)(H,11,13). The lowest BCUT2D eigenvalue weighted by atomic mass is 10.2. The third-order valence-electron chi connectivity index (χ3n) is 1.42. The van der Waals surface area contributed by atoms with Crippen molar-refractivity contribution in [3.8, 4) is 0 Å². The van der Waals surface area contributed by atoms with Gasteiger partial charge in [-0.25, -0.2) is 0 Å². The van der Waals surface area contributed by atoms with E-state index in [1.54, 1.807) is 30.7 Å². The van der Waals surface area contributed by atoms with E-state index in [1.807, 2.05) is 0 Å². The van der Waals surface area contributed by atoms with Crippen LogP contribution in [0.2, 0.25) is 0 Å². The molecular weight excluding hydrogens is 168 g/mol. The number of para-hydroxylation sites is 2. The summed E-state index contributed by atoms with van der Waals surface area (Å²) in [6, 6.07) is 6.89. The van der Waals surface area contributed by atoms with Crippen molar-refractivity contribution in [3.63, 3.8) is 0 Å². The van der Waals surface area contributed by atoms with Crippen molar-refractivity contribution in [1.29, 1.82) is 0 Å². The molecule has 1 aromatic carbocycles. The molecule has 0 aromatic heterocycles. The minimum Gasteiger partial charge on any atom is -0.325 e. The molecule has 0 aliphatic heterocycles. The van der Waals surface area contributed by atoms with Crippen LogP contribution in [0.5, 0.6) is 0 Å². The van der Waals surface area contributed by atoms with Crippen molar-refractivity contribution in [2.75, 3.05) is 10.6 Å². The minimum absolute atomic E-state index is 0.180. The van der Waals surface area contributed by atoms with E-state index >= 15 is 0 Å². The molecular formula is C9H9N2O2. The SMILES string of the molecule is CC(=O)Nc1ccccc1N[C]=O. The monoisotopic (exact) mass is 177 g/mol. The molecule has 1 radical (unpaired) electrons. The molecule has 2 amide bonds. The normalized spacial score (nSPS) is 9.00. The van der Waals surface area contributed by atoms with Gasteiger partial charge in [0, 0.05) is 6.92 Å². The Bertz CT molecular complexity index is 323. The summed E-state index contributed by atoms with van der Waals surface area (Å²) in [5.74, 6) is -0.180. The maximum absolute atomic E-state index is 10.7. The first-order valence-electron chi connectivity index (χ1n) is 3.74. The third kappa shape index (κ3) is 2.59. The van der Waals surface area contributed by atoms with E-state index in [0.29, 0.717) is 11.4 Å². The minimum atomic E-state index is -0.180. The van der Waals surface area contributed by atoms with Gasteiger partial charge in [-0.2, -0.15) is 0 Å². The van der Waals surface area contributed by atoms with E-state index in [4.69, 9.17) is 0 Å². The van der Waals surface area contributed by atoms with Crippen molar-refractivity contribution < 1.29 is 9.59 Å². The average molecular weight is 177 g/mol. The highest BCUT2D eigenvalue weighted by Gasteiger charge is 2.01. The Balaban J connectivity index is 2.90. The van der Waals surface area contributed by atoms with Gasteiger partial charge < -0.3 is 10.6 Å². The lowest BCUT2D eigenvalue weighted by Gasteiger charge is -2.06. The van der Waals surface area contributed by atoms with Gasteiger partial charge >= 0.3 is 6.41 Å². The number of hydrogen-bond acceptors (Lipinski definition) is 2. The summed E-state index contributed by atoms with van der Waals surface area (Å²) in [7, 11) is 0. The van der Waals surface area contributed by atoms with Gasteiger partial charge in [0.15, 0.2) is 0 Å². The Kier molecular flexibility index (Phi) is 3.03. The molecule has 1 rings (SSSR count). The smallest absolute Gasteiger partial charge is 0.314 e. The fraction of sp³-hybridized carbons (Fsp3) is 0.111. The number of anilines is 2. The Morgan fingerprint density at radius 2 is 1.92 bits per heavy atom. The van der Waals surface area contributed by atoms with Crippen LogP contribution < -0.4 is 10.6 Å². The summed E-state index contributed by atoms with van der Waals surface area (Å²) >= 11 is 0. The van der Waals surface area contributed by atoms with Crippen molar-refractivity contribution >= 4 is 23.7 Å². The zero-order valence-electron chi connectivity index (χ0n) is 7.13. The molecule has 13 heavy (non-hydrogen) atoms. The predicted octanol–water partition coefficient (Wildman–Crippen LogP) is 1.12. The molecule has 0 bridgehead atoms. The second-order valence-corrected chi connectivity index (χ2v) is 2.45. The summed E-state index contributed by atoms with van der Waals surface area (Å²) in [6.07, 6.45) is 1.55. The quantitative estimate of drug-likeness (QED) is 0.680. The summed E-state index contributed by atoms with van der Waals surface area (Å²) in [4.78, 5) is 20.8. The number of hydrogen-bond donors (Lipinski definition) is 2. The average Bonchev–Trinajstić information content (AvgIpc) is 2.08. The van der Waals surface area contributed by atoms with Crippen molar-refractivity contribution in [2.45, 2.75) is 6.92 Å². The van der Waals surface area contributed by atoms with E-state index in [2.05, 4.69) is 10.6 Å². The van der Waals surface area contributed by atoms with E-state index in [1.165, 1.54) is 6.92 Å². The van der Waals surface area contributed by atoms with Gasteiger partial charge in [0.05, 0.1) is 11.4 Å². The largest absolute Gasteiger partial charge is 0.325 e. The highest BCUT2D eigenvalue weighted by molar-refractivity contribution is 5.94. The molecule has 4 heteroatoms. The van der Waals surface area contributed by atoms with Gasteiger partial charge in [-0.05, 0) is 12.1 Å². The zero-order chi connectivity index (χ0) is 9.68. The van der Waals surface area contributed by atoms with E-state index < -0.39 is 0 Å². The van der Waals surface area contributed by atoms with Crippen molar-refractivity contribution in [1.82, 2.24) is 0 Å². The Labute approximate surface area is 75.9 Å². The first-order valence-corrected chi connectivity index (χ1v) is 3.74. The molecule has 0 heterocycles. The predicted molar refractivity (Wildman–Crippen MR) is 50.1 cm³/mol. The summed E-state index contributed by atoms with van der Waals surface area (Å²) in [6.45, 7) is 1.40. The van der Waals surface area contributed by atoms with Gasteiger partial charge in [-0.1, -0.05) is 12.1 Å². The molecule has 2 N–H and O–H groups in total. The highest BCUT2D eigenvalue weighted by Crippen LogP contribution is 2.19. The lowest BCUT2D eigenvalue weighted by Crippen LogP contribution is -2.08.